The van der Waals surface area contributed by atoms with E-state index < -0.39 is 9.84 Å². The first-order valence-electron chi connectivity index (χ1n) is 5.98. The highest BCUT2D eigenvalue weighted by Gasteiger charge is 2.32. The van der Waals surface area contributed by atoms with Crippen molar-refractivity contribution < 1.29 is 13.2 Å². The van der Waals surface area contributed by atoms with Crippen LogP contribution in [-0.4, -0.2) is 43.8 Å². The Morgan fingerprint density at radius 1 is 1.33 bits per heavy atom. The fraction of sp³-hybridized carbons (Fsp3) is 0.462. The van der Waals surface area contributed by atoms with Crippen molar-refractivity contribution >= 4 is 15.7 Å². The molecular formula is C13H17NO3S. The van der Waals surface area contributed by atoms with Gasteiger partial charge in [0.25, 0.3) is 0 Å². The SMILES string of the molecule is CN(C(=O)Cc1ccccc1)C1CCS(=O)(=O)C1. The molecule has 1 aliphatic rings. The van der Waals surface area contributed by atoms with Gasteiger partial charge >= 0.3 is 0 Å². The van der Waals surface area contributed by atoms with Crippen LogP contribution in [0.5, 0.6) is 0 Å². The molecule has 0 spiro atoms. The van der Waals surface area contributed by atoms with Crippen molar-refractivity contribution in [2.24, 2.45) is 0 Å². The minimum atomic E-state index is -2.94. The largest absolute Gasteiger partial charge is 0.341 e. The zero-order valence-electron chi connectivity index (χ0n) is 10.4. The fourth-order valence-electron chi connectivity index (χ4n) is 2.18. The third-order valence-corrected chi connectivity index (χ3v) is 5.10. The standard InChI is InChI=1S/C13H17NO3S/c1-14(12-7-8-18(16,17)10-12)13(15)9-11-5-3-2-4-6-11/h2-6,12H,7-10H2,1H3. The summed E-state index contributed by atoms with van der Waals surface area (Å²) in [5.74, 6) is 0.272. The van der Waals surface area contributed by atoms with E-state index in [9.17, 15) is 13.2 Å². The summed E-state index contributed by atoms with van der Waals surface area (Å²) in [5.41, 5.74) is 0.954. The van der Waals surface area contributed by atoms with Gasteiger partial charge in [0.05, 0.1) is 17.9 Å². The summed E-state index contributed by atoms with van der Waals surface area (Å²) in [4.78, 5) is 13.6. The van der Waals surface area contributed by atoms with Crippen LogP contribution in [0.25, 0.3) is 0 Å². The second-order valence-corrected chi connectivity index (χ2v) is 6.95. The van der Waals surface area contributed by atoms with Gasteiger partial charge in [0, 0.05) is 13.1 Å². The number of carbonyl (C=O) groups excluding carboxylic acids is 1. The third kappa shape index (κ3) is 3.10. The highest BCUT2D eigenvalue weighted by Crippen LogP contribution is 2.17. The summed E-state index contributed by atoms with van der Waals surface area (Å²) in [6, 6.07) is 9.33. The van der Waals surface area contributed by atoms with E-state index in [0.717, 1.165) is 5.56 Å². The van der Waals surface area contributed by atoms with Crippen LogP contribution >= 0.6 is 0 Å². The number of hydrogen-bond donors (Lipinski definition) is 0. The van der Waals surface area contributed by atoms with E-state index in [2.05, 4.69) is 0 Å². The molecule has 0 aliphatic carbocycles. The van der Waals surface area contributed by atoms with E-state index in [4.69, 9.17) is 0 Å². The maximum absolute atomic E-state index is 12.0. The van der Waals surface area contributed by atoms with Gasteiger partial charge in [-0.3, -0.25) is 4.79 Å². The highest BCUT2D eigenvalue weighted by molar-refractivity contribution is 7.91. The molecule has 0 bridgehead atoms. The quantitative estimate of drug-likeness (QED) is 0.816. The lowest BCUT2D eigenvalue weighted by molar-refractivity contribution is -0.130. The smallest absolute Gasteiger partial charge is 0.227 e. The van der Waals surface area contributed by atoms with Gasteiger partial charge in [0.2, 0.25) is 5.91 Å². The fourth-order valence-corrected chi connectivity index (χ4v) is 3.95. The molecule has 1 fully saturated rings. The Bertz CT molecular complexity index is 524. The maximum atomic E-state index is 12.0. The lowest BCUT2D eigenvalue weighted by Crippen LogP contribution is -2.38. The summed E-state index contributed by atoms with van der Waals surface area (Å²) in [5, 5.41) is 0. The van der Waals surface area contributed by atoms with E-state index in [0.29, 0.717) is 12.8 Å². The number of nitrogens with zero attached hydrogens (tertiary/aromatic N) is 1. The predicted octanol–water partition coefficient (Wildman–Crippen LogP) is 0.875. The predicted molar refractivity (Wildman–Crippen MR) is 70.0 cm³/mol. The minimum absolute atomic E-state index is 0.0247. The number of carbonyl (C=O) groups is 1. The minimum Gasteiger partial charge on any atom is -0.341 e. The van der Waals surface area contributed by atoms with Crippen LogP contribution in [0.15, 0.2) is 30.3 Å². The molecule has 0 saturated carbocycles. The van der Waals surface area contributed by atoms with Crippen LogP contribution in [0, 0.1) is 0 Å². The van der Waals surface area contributed by atoms with Crippen molar-refractivity contribution in [1.29, 1.82) is 0 Å². The van der Waals surface area contributed by atoms with Gasteiger partial charge in [-0.15, -0.1) is 0 Å². The lowest BCUT2D eigenvalue weighted by atomic mass is 10.1. The Hall–Kier alpha value is -1.36. The summed E-state index contributed by atoms with van der Waals surface area (Å²) in [6.45, 7) is 0. The van der Waals surface area contributed by atoms with Gasteiger partial charge in [0.1, 0.15) is 0 Å². The molecule has 2 rings (SSSR count). The molecule has 1 unspecified atom stereocenters. The second-order valence-electron chi connectivity index (χ2n) is 4.72. The molecule has 1 amide bonds. The summed E-state index contributed by atoms with van der Waals surface area (Å²) in [7, 11) is -1.25. The average Bonchev–Trinajstić information content (AvgIpc) is 2.70. The first-order chi connectivity index (χ1) is 8.48. The lowest BCUT2D eigenvalue weighted by Gasteiger charge is -2.23. The summed E-state index contributed by atoms with van der Waals surface area (Å²) >= 11 is 0. The molecule has 18 heavy (non-hydrogen) atoms. The van der Waals surface area contributed by atoms with E-state index in [-0.39, 0.29) is 23.5 Å². The molecule has 1 atom stereocenters. The Labute approximate surface area is 108 Å². The molecule has 1 aromatic carbocycles. The monoisotopic (exact) mass is 267 g/mol. The number of benzene rings is 1. The average molecular weight is 267 g/mol. The Morgan fingerprint density at radius 3 is 2.56 bits per heavy atom. The Balaban J connectivity index is 1.98. The number of sulfone groups is 1. The Kier molecular flexibility index (Phi) is 3.71. The molecule has 98 valence electrons. The van der Waals surface area contributed by atoms with Gasteiger partial charge in [0.15, 0.2) is 9.84 Å². The van der Waals surface area contributed by atoms with Crippen LogP contribution in [0.4, 0.5) is 0 Å². The first-order valence-corrected chi connectivity index (χ1v) is 7.80. The van der Waals surface area contributed by atoms with Gasteiger partial charge in [-0.1, -0.05) is 30.3 Å². The topological polar surface area (TPSA) is 54.5 Å². The van der Waals surface area contributed by atoms with E-state index >= 15 is 0 Å². The number of hydrogen-bond acceptors (Lipinski definition) is 3. The van der Waals surface area contributed by atoms with Gasteiger partial charge in [-0.2, -0.15) is 0 Å². The van der Waals surface area contributed by atoms with E-state index in [1.54, 1.807) is 11.9 Å². The summed E-state index contributed by atoms with van der Waals surface area (Å²) < 4.78 is 22.8. The number of rotatable bonds is 3. The van der Waals surface area contributed by atoms with Crippen LogP contribution in [0.3, 0.4) is 0 Å². The van der Waals surface area contributed by atoms with Gasteiger partial charge in [-0.05, 0) is 12.0 Å². The van der Waals surface area contributed by atoms with Crippen LogP contribution in [0.1, 0.15) is 12.0 Å². The molecular weight excluding hydrogens is 250 g/mol. The van der Waals surface area contributed by atoms with Crippen molar-refractivity contribution in [2.75, 3.05) is 18.6 Å². The van der Waals surface area contributed by atoms with E-state index in [1.807, 2.05) is 30.3 Å². The van der Waals surface area contributed by atoms with Crippen LogP contribution in [-0.2, 0) is 21.1 Å². The van der Waals surface area contributed by atoms with Crippen molar-refractivity contribution in [3.63, 3.8) is 0 Å². The normalized spacial score (nSPS) is 21.7. The molecule has 1 aliphatic heterocycles. The van der Waals surface area contributed by atoms with Crippen LogP contribution < -0.4 is 0 Å². The molecule has 4 nitrogen and oxygen atoms in total. The zero-order chi connectivity index (χ0) is 13.2. The van der Waals surface area contributed by atoms with Crippen molar-refractivity contribution in [2.45, 2.75) is 18.9 Å². The molecule has 1 heterocycles. The van der Waals surface area contributed by atoms with E-state index in [1.165, 1.54) is 0 Å². The van der Waals surface area contributed by atoms with Crippen molar-refractivity contribution in [3.8, 4) is 0 Å². The summed E-state index contributed by atoms with van der Waals surface area (Å²) in [6.07, 6.45) is 0.882. The highest BCUT2D eigenvalue weighted by atomic mass is 32.2. The number of likely N-dealkylation sites (N-methyl/N-ethyl adjacent to an activating group) is 1. The van der Waals surface area contributed by atoms with Crippen molar-refractivity contribution in [1.82, 2.24) is 4.90 Å². The van der Waals surface area contributed by atoms with Crippen molar-refractivity contribution in [3.05, 3.63) is 35.9 Å². The van der Waals surface area contributed by atoms with Gasteiger partial charge in [-0.25, -0.2) is 8.42 Å². The molecule has 1 aromatic rings. The number of amides is 1. The van der Waals surface area contributed by atoms with Gasteiger partial charge < -0.3 is 4.90 Å². The first kappa shape index (κ1) is 13.1. The second kappa shape index (κ2) is 5.10. The molecule has 0 radical (unpaired) electrons. The molecule has 5 heteroatoms. The van der Waals surface area contributed by atoms with Crippen LogP contribution in [0.2, 0.25) is 0 Å². The zero-order valence-corrected chi connectivity index (χ0v) is 11.2. The molecule has 1 saturated heterocycles. The third-order valence-electron chi connectivity index (χ3n) is 3.35. The maximum Gasteiger partial charge on any atom is 0.227 e. The Morgan fingerprint density at radius 2 is 2.00 bits per heavy atom. The molecule has 0 aromatic heterocycles. The molecule has 0 N–H and O–H groups in total.